The molecule has 0 unspecified atom stereocenters. The van der Waals surface area contributed by atoms with E-state index in [-0.39, 0.29) is 0 Å². The Kier molecular flexibility index (Phi) is 3.66. The van der Waals surface area contributed by atoms with Crippen LogP contribution in [0.3, 0.4) is 0 Å². The first kappa shape index (κ1) is 13.7. The number of nitrogens with two attached hydrogens (primary N) is 1. The second-order valence-electron chi connectivity index (χ2n) is 4.40. The van der Waals surface area contributed by atoms with Crippen molar-refractivity contribution >= 4 is 10.8 Å². The lowest BCUT2D eigenvalue weighted by Crippen LogP contribution is -2.20. The van der Waals surface area contributed by atoms with Crippen LogP contribution in [0.4, 0.5) is 13.2 Å². The van der Waals surface area contributed by atoms with Crippen LogP contribution in [0.25, 0.3) is 10.8 Å². The van der Waals surface area contributed by atoms with Crippen molar-refractivity contribution in [2.75, 3.05) is 7.11 Å². The van der Waals surface area contributed by atoms with E-state index in [2.05, 4.69) is 0 Å². The summed E-state index contributed by atoms with van der Waals surface area (Å²) in [4.78, 5) is 0. The Labute approximate surface area is 109 Å². The largest absolute Gasteiger partial charge is 0.497 e. The summed E-state index contributed by atoms with van der Waals surface area (Å²) in [5, 5.41) is 1.75. The summed E-state index contributed by atoms with van der Waals surface area (Å²) in [5.74, 6) is 0.708. The maximum Gasteiger partial charge on any atom is 0.390 e. The molecule has 2 aromatic carbocycles. The zero-order chi connectivity index (χ0) is 14.0. The summed E-state index contributed by atoms with van der Waals surface area (Å²) < 4.78 is 42.0. The topological polar surface area (TPSA) is 35.2 Å². The quantitative estimate of drug-likeness (QED) is 0.919. The molecule has 0 aliphatic rings. The number of fused-ring (bicyclic) bond motifs is 1. The number of ether oxygens (including phenoxy) is 1. The van der Waals surface area contributed by atoms with E-state index >= 15 is 0 Å². The van der Waals surface area contributed by atoms with E-state index < -0.39 is 18.6 Å². The van der Waals surface area contributed by atoms with Crippen molar-refractivity contribution in [3.8, 4) is 5.75 Å². The lowest BCUT2D eigenvalue weighted by molar-refractivity contribution is -0.138. The fourth-order valence-electron chi connectivity index (χ4n) is 1.97. The summed E-state index contributed by atoms with van der Waals surface area (Å²) in [6.07, 6.45) is -5.27. The van der Waals surface area contributed by atoms with E-state index in [1.807, 2.05) is 6.07 Å². The van der Waals surface area contributed by atoms with Gasteiger partial charge in [-0.3, -0.25) is 0 Å². The van der Waals surface area contributed by atoms with Crippen LogP contribution in [-0.2, 0) is 0 Å². The fraction of sp³-hybridized carbons (Fsp3) is 0.286. The first-order valence-electron chi connectivity index (χ1n) is 5.79. The van der Waals surface area contributed by atoms with E-state index in [0.29, 0.717) is 11.3 Å². The molecule has 2 nitrogen and oxygen atoms in total. The van der Waals surface area contributed by atoms with Crippen molar-refractivity contribution in [2.45, 2.75) is 18.6 Å². The molecule has 5 heteroatoms. The molecule has 0 fully saturated rings. The molecular formula is C14H14F3NO. The van der Waals surface area contributed by atoms with Crippen LogP contribution < -0.4 is 10.5 Å². The van der Waals surface area contributed by atoms with Crippen LogP contribution in [0.5, 0.6) is 5.75 Å². The molecule has 0 saturated heterocycles. The number of rotatable bonds is 3. The predicted octanol–water partition coefficient (Wildman–Crippen LogP) is 3.80. The molecule has 0 bridgehead atoms. The maximum absolute atomic E-state index is 12.3. The monoisotopic (exact) mass is 269 g/mol. The maximum atomic E-state index is 12.3. The molecule has 0 aromatic heterocycles. The highest BCUT2D eigenvalue weighted by atomic mass is 19.4. The smallest absolute Gasteiger partial charge is 0.390 e. The standard InChI is InChI=1S/C14H14F3NO/c1-19-12-5-4-9-6-11(3-2-10(9)7-12)13(18)8-14(15,16)17/h2-7,13H,8,18H2,1H3/t13-/m0/s1. The van der Waals surface area contributed by atoms with Gasteiger partial charge in [0, 0.05) is 6.04 Å². The van der Waals surface area contributed by atoms with Gasteiger partial charge in [-0.25, -0.2) is 0 Å². The SMILES string of the molecule is COc1ccc2cc([C@@H](N)CC(F)(F)F)ccc2c1. The van der Waals surface area contributed by atoms with Gasteiger partial charge < -0.3 is 10.5 Å². The number of methoxy groups -OCH3 is 1. The van der Waals surface area contributed by atoms with Gasteiger partial charge in [-0.15, -0.1) is 0 Å². The zero-order valence-corrected chi connectivity index (χ0v) is 10.4. The molecule has 0 amide bonds. The molecule has 2 rings (SSSR count). The minimum atomic E-state index is -4.26. The molecule has 2 aromatic rings. The summed E-state index contributed by atoms with van der Waals surface area (Å²) >= 11 is 0. The number of alkyl halides is 3. The third-order valence-electron chi connectivity index (χ3n) is 2.95. The number of benzene rings is 2. The molecular weight excluding hydrogens is 255 g/mol. The lowest BCUT2D eigenvalue weighted by Gasteiger charge is -2.15. The van der Waals surface area contributed by atoms with Gasteiger partial charge >= 0.3 is 6.18 Å². The Morgan fingerprint density at radius 1 is 1.11 bits per heavy atom. The highest BCUT2D eigenvalue weighted by Gasteiger charge is 2.30. The van der Waals surface area contributed by atoms with Gasteiger partial charge in [-0.2, -0.15) is 13.2 Å². The van der Waals surface area contributed by atoms with E-state index in [1.165, 1.54) is 0 Å². The van der Waals surface area contributed by atoms with E-state index in [4.69, 9.17) is 10.5 Å². The number of hydrogen-bond acceptors (Lipinski definition) is 2. The van der Waals surface area contributed by atoms with Crippen molar-refractivity contribution < 1.29 is 17.9 Å². The molecule has 0 saturated carbocycles. The molecule has 1 atom stereocenters. The van der Waals surface area contributed by atoms with Gasteiger partial charge in [-0.05, 0) is 34.5 Å². The van der Waals surface area contributed by atoms with Gasteiger partial charge in [0.05, 0.1) is 13.5 Å². The molecule has 19 heavy (non-hydrogen) atoms. The Balaban J connectivity index is 2.31. The Bertz CT molecular complexity index is 580. The second kappa shape index (κ2) is 5.09. The van der Waals surface area contributed by atoms with Crippen molar-refractivity contribution in [3.63, 3.8) is 0 Å². The van der Waals surface area contributed by atoms with Crippen molar-refractivity contribution in [2.24, 2.45) is 5.73 Å². The molecule has 2 N–H and O–H groups in total. The highest BCUT2D eigenvalue weighted by molar-refractivity contribution is 5.84. The summed E-state index contributed by atoms with van der Waals surface area (Å²) in [6, 6.07) is 9.42. The molecule has 102 valence electrons. The molecule has 0 radical (unpaired) electrons. The Hall–Kier alpha value is -1.75. The highest BCUT2D eigenvalue weighted by Crippen LogP contribution is 2.30. The summed E-state index contributed by atoms with van der Waals surface area (Å²) in [5.41, 5.74) is 6.07. The number of halogens is 3. The van der Waals surface area contributed by atoms with Crippen molar-refractivity contribution in [1.29, 1.82) is 0 Å². The van der Waals surface area contributed by atoms with Crippen molar-refractivity contribution in [3.05, 3.63) is 42.0 Å². The van der Waals surface area contributed by atoms with Crippen LogP contribution >= 0.6 is 0 Å². The summed E-state index contributed by atoms with van der Waals surface area (Å²) in [7, 11) is 1.56. The average molecular weight is 269 g/mol. The van der Waals surface area contributed by atoms with Gasteiger partial charge in [0.15, 0.2) is 0 Å². The first-order chi connectivity index (χ1) is 8.89. The van der Waals surface area contributed by atoms with E-state index in [9.17, 15) is 13.2 Å². The normalized spacial score (nSPS) is 13.5. The van der Waals surface area contributed by atoms with Crippen LogP contribution in [-0.4, -0.2) is 13.3 Å². The lowest BCUT2D eigenvalue weighted by atomic mass is 10.00. The van der Waals surface area contributed by atoms with Crippen LogP contribution in [0.2, 0.25) is 0 Å². The van der Waals surface area contributed by atoms with Gasteiger partial charge in [0.2, 0.25) is 0 Å². The zero-order valence-electron chi connectivity index (χ0n) is 10.4. The predicted molar refractivity (Wildman–Crippen MR) is 68.1 cm³/mol. The molecule has 0 aliphatic carbocycles. The molecule has 0 spiro atoms. The summed E-state index contributed by atoms with van der Waals surface area (Å²) in [6.45, 7) is 0. The van der Waals surface area contributed by atoms with Gasteiger partial charge in [-0.1, -0.05) is 18.2 Å². The van der Waals surface area contributed by atoms with Crippen LogP contribution in [0, 0.1) is 0 Å². The molecule has 0 heterocycles. The average Bonchev–Trinajstić information content (AvgIpc) is 2.35. The third kappa shape index (κ3) is 3.38. The van der Waals surface area contributed by atoms with E-state index in [0.717, 1.165) is 10.8 Å². The third-order valence-corrected chi connectivity index (χ3v) is 2.95. The van der Waals surface area contributed by atoms with E-state index in [1.54, 1.807) is 37.4 Å². The fourth-order valence-corrected chi connectivity index (χ4v) is 1.97. The Morgan fingerprint density at radius 2 is 1.74 bits per heavy atom. The van der Waals surface area contributed by atoms with Crippen LogP contribution in [0.1, 0.15) is 18.0 Å². The molecule has 0 aliphatic heterocycles. The second-order valence-corrected chi connectivity index (χ2v) is 4.40. The minimum Gasteiger partial charge on any atom is -0.497 e. The Morgan fingerprint density at radius 3 is 2.37 bits per heavy atom. The van der Waals surface area contributed by atoms with Gasteiger partial charge in [0.1, 0.15) is 5.75 Å². The minimum absolute atomic E-state index is 0.481. The first-order valence-corrected chi connectivity index (χ1v) is 5.79. The van der Waals surface area contributed by atoms with Crippen LogP contribution in [0.15, 0.2) is 36.4 Å². The van der Waals surface area contributed by atoms with Gasteiger partial charge in [0.25, 0.3) is 0 Å². The number of hydrogen-bond donors (Lipinski definition) is 1. The van der Waals surface area contributed by atoms with Crippen molar-refractivity contribution in [1.82, 2.24) is 0 Å².